The van der Waals surface area contributed by atoms with Gasteiger partial charge in [-0.1, -0.05) is 13.8 Å². The van der Waals surface area contributed by atoms with E-state index >= 15 is 0 Å². The summed E-state index contributed by atoms with van der Waals surface area (Å²) >= 11 is 1.06. The van der Waals surface area contributed by atoms with Crippen LogP contribution in [0.1, 0.15) is 32.7 Å². The number of H-pyrrole nitrogens is 1. The van der Waals surface area contributed by atoms with Gasteiger partial charge in [-0.3, -0.25) is 14.0 Å². The molecule has 0 spiro atoms. The second kappa shape index (κ2) is 5.31. The molecule has 0 atom stereocenters. The van der Waals surface area contributed by atoms with E-state index in [1.807, 2.05) is 13.8 Å². The lowest BCUT2D eigenvalue weighted by Gasteiger charge is -2.11. The first-order valence-corrected chi connectivity index (χ1v) is 7.94. The molecule has 7 heteroatoms. The summed E-state index contributed by atoms with van der Waals surface area (Å²) in [5, 5.41) is 0.0765. The number of hydrogen-bond donors (Lipinski definition) is 1. The zero-order valence-corrected chi connectivity index (χ0v) is 12.9. The van der Waals surface area contributed by atoms with Crippen molar-refractivity contribution in [1.29, 1.82) is 0 Å². The van der Waals surface area contributed by atoms with Crippen LogP contribution in [0.15, 0.2) is 21.7 Å². The van der Waals surface area contributed by atoms with Crippen molar-refractivity contribution in [1.82, 2.24) is 8.94 Å². The van der Waals surface area contributed by atoms with Crippen LogP contribution in [0, 0.1) is 11.6 Å². The number of nitrogens with zero attached hydrogens (tertiary/aromatic N) is 1. The third kappa shape index (κ3) is 2.08. The molecule has 1 fully saturated rings. The Kier molecular flexibility index (Phi) is 3.60. The average molecular weight is 324 g/mol. The Morgan fingerprint density at radius 2 is 1.82 bits per heavy atom. The molecule has 1 aliphatic carbocycles. The second-order valence-corrected chi connectivity index (χ2v) is 5.72. The summed E-state index contributed by atoms with van der Waals surface area (Å²) < 4.78 is 31.2. The Morgan fingerprint density at radius 3 is 2.45 bits per heavy atom. The van der Waals surface area contributed by atoms with Gasteiger partial charge in [0.05, 0.1) is 5.52 Å². The summed E-state index contributed by atoms with van der Waals surface area (Å²) in [4.78, 5) is 24.6. The average Bonchev–Trinajstić information content (AvgIpc) is 3.27. The molecule has 1 aliphatic rings. The fraction of sp³-hybridized carbons (Fsp3) is 0.333. The van der Waals surface area contributed by atoms with Crippen LogP contribution >= 0.6 is 11.5 Å². The van der Waals surface area contributed by atoms with Crippen molar-refractivity contribution >= 4 is 32.7 Å². The lowest BCUT2D eigenvalue weighted by Crippen LogP contribution is -2.15. The van der Waals surface area contributed by atoms with E-state index in [4.69, 9.17) is 0 Å². The Hall–Kier alpha value is -2.02. The summed E-state index contributed by atoms with van der Waals surface area (Å²) in [5.74, 6) is -2.07. The van der Waals surface area contributed by atoms with E-state index in [-0.39, 0.29) is 16.8 Å². The van der Waals surface area contributed by atoms with E-state index in [1.165, 1.54) is 0 Å². The van der Waals surface area contributed by atoms with E-state index < -0.39 is 22.6 Å². The largest absolute Gasteiger partial charge is 0.327 e. The fourth-order valence-electron chi connectivity index (χ4n) is 2.52. The van der Waals surface area contributed by atoms with Gasteiger partial charge < -0.3 is 4.57 Å². The quantitative estimate of drug-likeness (QED) is 0.744. The molecule has 22 heavy (non-hydrogen) atoms. The van der Waals surface area contributed by atoms with Crippen molar-refractivity contribution < 1.29 is 8.78 Å². The number of aromatic nitrogens is 2. The third-order valence-corrected chi connectivity index (χ3v) is 4.46. The molecule has 1 N–H and O–H groups in total. The molecule has 2 heterocycles. The van der Waals surface area contributed by atoms with Crippen LogP contribution in [-0.4, -0.2) is 8.94 Å². The molecular formula is C15H14F2N2O2S. The topological polar surface area (TPSA) is 54.9 Å². The molecule has 0 unspecified atom stereocenters. The lowest BCUT2D eigenvalue weighted by molar-refractivity contribution is 0.510. The molecular weight excluding hydrogens is 310 g/mol. The first-order valence-electron chi connectivity index (χ1n) is 7.12. The number of nitrogens with one attached hydrogen (secondary N) is 1. The third-order valence-electron chi connectivity index (χ3n) is 3.58. The molecule has 0 bridgehead atoms. The highest BCUT2D eigenvalue weighted by Crippen LogP contribution is 2.39. The van der Waals surface area contributed by atoms with Crippen LogP contribution in [0.5, 0.6) is 0 Å². The van der Waals surface area contributed by atoms with Gasteiger partial charge in [0.1, 0.15) is 10.2 Å². The van der Waals surface area contributed by atoms with E-state index in [0.717, 1.165) is 36.5 Å². The van der Waals surface area contributed by atoms with Crippen molar-refractivity contribution in [2.45, 2.75) is 32.7 Å². The molecule has 1 aromatic carbocycles. The highest BCUT2D eigenvalue weighted by Gasteiger charge is 2.29. The minimum atomic E-state index is -1.08. The van der Waals surface area contributed by atoms with Gasteiger partial charge >= 0.3 is 0 Å². The van der Waals surface area contributed by atoms with E-state index in [0.29, 0.717) is 10.3 Å². The van der Waals surface area contributed by atoms with Crippen LogP contribution in [-0.2, 0) is 0 Å². The van der Waals surface area contributed by atoms with Crippen molar-refractivity contribution in [2.24, 2.45) is 0 Å². The van der Waals surface area contributed by atoms with Gasteiger partial charge in [-0.15, -0.1) is 0 Å². The molecule has 3 aromatic rings. The minimum absolute atomic E-state index is 0.0282. The standard InChI is InChI=1S/C13H8F2N2O2S.C2H6/c14-7-3-6-9(4-8(7)15)17(5-1-2-5)13-10(11(6)18)12(19)16-20-13;1-2/h3-5H,1-2H2,(H,16,19);1-2H3. The van der Waals surface area contributed by atoms with Crippen molar-refractivity contribution in [3.8, 4) is 0 Å². The molecule has 4 nitrogen and oxygen atoms in total. The summed E-state index contributed by atoms with van der Waals surface area (Å²) in [5.41, 5.74) is -0.677. The van der Waals surface area contributed by atoms with Crippen LogP contribution in [0.3, 0.4) is 0 Å². The predicted octanol–water partition coefficient (Wildman–Crippen LogP) is 3.54. The normalized spacial score (nSPS) is 14.2. The number of aromatic amines is 1. The van der Waals surface area contributed by atoms with Gasteiger partial charge in [0, 0.05) is 17.5 Å². The Morgan fingerprint density at radius 1 is 1.18 bits per heavy atom. The molecule has 0 saturated heterocycles. The molecule has 4 rings (SSSR count). The van der Waals surface area contributed by atoms with Crippen LogP contribution < -0.4 is 11.0 Å². The van der Waals surface area contributed by atoms with E-state index in [9.17, 15) is 18.4 Å². The highest BCUT2D eigenvalue weighted by molar-refractivity contribution is 7.12. The maximum Gasteiger partial charge on any atom is 0.271 e. The number of hydrogen-bond acceptors (Lipinski definition) is 3. The maximum absolute atomic E-state index is 13.5. The first kappa shape index (κ1) is 14.9. The summed E-state index contributed by atoms with van der Waals surface area (Å²) in [7, 11) is 0. The molecule has 116 valence electrons. The van der Waals surface area contributed by atoms with Gasteiger partial charge in [0.25, 0.3) is 5.56 Å². The second-order valence-electron chi connectivity index (χ2n) is 4.93. The molecule has 0 amide bonds. The van der Waals surface area contributed by atoms with Gasteiger partial charge in [-0.05, 0) is 30.4 Å². The van der Waals surface area contributed by atoms with Crippen LogP contribution in [0.2, 0.25) is 0 Å². The summed E-state index contributed by atoms with van der Waals surface area (Å²) in [6.07, 6.45) is 1.80. The number of halogens is 2. The van der Waals surface area contributed by atoms with Gasteiger partial charge in [-0.25, -0.2) is 8.78 Å². The fourth-order valence-corrected chi connectivity index (χ4v) is 3.45. The number of benzene rings is 1. The minimum Gasteiger partial charge on any atom is -0.327 e. The zero-order valence-electron chi connectivity index (χ0n) is 12.1. The van der Waals surface area contributed by atoms with Crippen molar-refractivity contribution in [2.75, 3.05) is 0 Å². The first-order chi connectivity index (χ1) is 10.6. The van der Waals surface area contributed by atoms with Crippen LogP contribution in [0.4, 0.5) is 8.78 Å². The molecule has 0 aliphatic heterocycles. The van der Waals surface area contributed by atoms with Crippen molar-refractivity contribution in [3.63, 3.8) is 0 Å². The maximum atomic E-state index is 13.5. The number of fused-ring (bicyclic) bond motifs is 2. The highest BCUT2D eigenvalue weighted by atomic mass is 32.1. The lowest BCUT2D eigenvalue weighted by atomic mass is 10.1. The van der Waals surface area contributed by atoms with Crippen molar-refractivity contribution in [3.05, 3.63) is 44.3 Å². The summed E-state index contributed by atoms with van der Waals surface area (Å²) in [6, 6.07) is 2.05. The van der Waals surface area contributed by atoms with Gasteiger partial charge in [0.15, 0.2) is 11.6 Å². The van der Waals surface area contributed by atoms with E-state index in [2.05, 4.69) is 4.37 Å². The van der Waals surface area contributed by atoms with Gasteiger partial charge in [0.2, 0.25) is 5.43 Å². The smallest absolute Gasteiger partial charge is 0.271 e. The van der Waals surface area contributed by atoms with Gasteiger partial charge in [-0.2, -0.15) is 0 Å². The predicted molar refractivity (Wildman–Crippen MR) is 83.7 cm³/mol. The van der Waals surface area contributed by atoms with Crippen LogP contribution in [0.25, 0.3) is 21.1 Å². The zero-order chi connectivity index (χ0) is 16.0. The SMILES string of the molecule is CC.O=c1[nH]sc2c1c(=O)c1cc(F)c(F)cc1n2C1CC1. The number of pyridine rings is 1. The van der Waals surface area contributed by atoms with E-state index in [1.54, 1.807) is 4.57 Å². The Bertz CT molecular complexity index is 983. The number of rotatable bonds is 1. The molecule has 1 saturated carbocycles. The molecule has 2 aromatic heterocycles. The molecule has 0 radical (unpaired) electrons. The monoisotopic (exact) mass is 324 g/mol. The Balaban J connectivity index is 0.000000693. The summed E-state index contributed by atoms with van der Waals surface area (Å²) in [6.45, 7) is 4.00. The Labute approximate surface area is 128 Å².